The molecular weight excluding hydrogens is 382 g/mol. The van der Waals surface area contributed by atoms with Gasteiger partial charge in [0.25, 0.3) is 5.91 Å². The van der Waals surface area contributed by atoms with Gasteiger partial charge < -0.3 is 15.4 Å². The molecule has 0 radical (unpaired) electrons. The lowest BCUT2D eigenvalue weighted by molar-refractivity contribution is -0.114. The molecule has 0 aliphatic rings. The molecule has 8 nitrogen and oxygen atoms in total. The van der Waals surface area contributed by atoms with Crippen LogP contribution < -0.4 is 20.1 Å². The van der Waals surface area contributed by atoms with Crippen LogP contribution in [-0.2, 0) is 21.2 Å². The lowest BCUT2D eigenvalue weighted by Gasteiger charge is -2.13. The zero-order valence-corrected chi connectivity index (χ0v) is 16.7. The first-order valence-electron chi connectivity index (χ1n) is 8.48. The number of sulfonamides is 1. The van der Waals surface area contributed by atoms with E-state index in [9.17, 15) is 18.0 Å². The van der Waals surface area contributed by atoms with Gasteiger partial charge in [-0.05, 0) is 42.3 Å². The topological polar surface area (TPSA) is 114 Å². The summed E-state index contributed by atoms with van der Waals surface area (Å²) in [6.07, 6.45) is 1.59. The maximum absolute atomic E-state index is 12.6. The molecule has 2 aromatic rings. The molecule has 28 heavy (non-hydrogen) atoms. The summed E-state index contributed by atoms with van der Waals surface area (Å²) in [6, 6.07) is 11.9. The minimum absolute atomic E-state index is 0.117. The zero-order chi connectivity index (χ0) is 20.7. The van der Waals surface area contributed by atoms with Crippen molar-refractivity contribution in [2.75, 3.05) is 29.9 Å². The number of carbonyl (C=O) groups is 2. The van der Waals surface area contributed by atoms with E-state index in [4.69, 9.17) is 4.74 Å². The Hall–Kier alpha value is -3.07. The largest absolute Gasteiger partial charge is 0.497 e. The molecule has 0 atom stereocenters. The highest BCUT2D eigenvalue weighted by Crippen LogP contribution is 2.22. The van der Waals surface area contributed by atoms with Crippen LogP contribution in [0.1, 0.15) is 22.8 Å². The second-order valence-corrected chi connectivity index (χ2v) is 7.92. The van der Waals surface area contributed by atoms with Crippen LogP contribution in [0.5, 0.6) is 5.75 Å². The van der Waals surface area contributed by atoms with E-state index in [1.165, 1.54) is 25.1 Å². The predicted octanol–water partition coefficient (Wildman–Crippen LogP) is 2.00. The molecule has 2 rings (SSSR count). The van der Waals surface area contributed by atoms with Crippen molar-refractivity contribution < 1.29 is 22.7 Å². The normalized spacial score (nSPS) is 10.8. The molecule has 3 N–H and O–H groups in total. The van der Waals surface area contributed by atoms with Crippen LogP contribution >= 0.6 is 0 Å². The molecule has 0 saturated carbocycles. The van der Waals surface area contributed by atoms with Crippen molar-refractivity contribution in [1.82, 2.24) is 5.32 Å². The second kappa shape index (κ2) is 9.23. The average Bonchev–Trinajstić information content (AvgIpc) is 2.62. The van der Waals surface area contributed by atoms with E-state index in [1.54, 1.807) is 7.11 Å². The van der Waals surface area contributed by atoms with E-state index < -0.39 is 15.9 Å². The molecule has 0 unspecified atom stereocenters. The summed E-state index contributed by atoms with van der Waals surface area (Å²) < 4.78 is 30.6. The number of ether oxygens (including phenoxy) is 1. The van der Waals surface area contributed by atoms with Gasteiger partial charge in [-0.15, -0.1) is 0 Å². The summed E-state index contributed by atoms with van der Waals surface area (Å²) in [6.45, 7) is 1.70. The van der Waals surface area contributed by atoms with E-state index in [1.807, 2.05) is 24.3 Å². The summed E-state index contributed by atoms with van der Waals surface area (Å²) in [5.41, 5.74) is 1.67. The molecular formula is C19H23N3O5S. The fourth-order valence-electron chi connectivity index (χ4n) is 2.51. The number of nitrogens with one attached hydrogen (secondary N) is 3. The highest BCUT2D eigenvalue weighted by atomic mass is 32.2. The third kappa shape index (κ3) is 6.58. The molecule has 0 bridgehead atoms. The van der Waals surface area contributed by atoms with Crippen LogP contribution in [0, 0.1) is 0 Å². The van der Waals surface area contributed by atoms with Gasteiger partial charge >= 0.3 is 0 Å². The van der Waals surface area contributed by atoms with Gasteiger partial charge in [-0.2, -0.15) is 0 Å². The minimum Gasteiger partial charge on any atom is -0.497 e. The number of hydrogen-bond donors (Lipinski definition) is 3. The van der Waals surface area contributed by atoms with E-state index >= 15 is 0 Å². The Morgan fingerprint density at radius 2 is 1.75 bits per heavy atom. The Morgan fingerprint density at radius 3 is 2.32 bits per heavy atom. The molecule has 2 amide bonds. The Balaban J connectivity index is 2.12. The van der Waals surface area contributed by atoms with Crippen molar-refractivity contribution in [3.05, 3.63) is 53.6 Å². The van der Waals surface area contributed by atoms with Gasteiger partial charge in [0.15, 0.2) is 0 Å². The zero-order valence-electron chi connectivity index (χ0n) is 15.9. The summed E-state index contributed by atoms with van der Waals surface area (Å²) >= 11 is 0. The molecule has 9 heteroatoms. The van der Waals surface area contributed by atoms with Crippen molar-refractivity contribution in [3.63, 3.8) is 0 Å². The van der Waals surface area contributed by atoms with Gasteiger partial charge in [0.05, 0.1) is 24.6 Å². The van der Waals surface area contributed by atoms with Crippen LogP contribution in [0.15, 0.2) is 42.5 Å². The lowest BCUT2D eigenvalue weighted by atomic mass is 10.1. The Bertz CT molecular complexity index is 956. The number of carbonyl (C=O) groups excluding carboxylic acids is 2. The van der Waals surface area contributed by atoms with E-state index in [0.717, 1.165) is 17.6 Å². The highest BCUT2D eigenvalue weighted by molar-refractivity contribution is 7.92. The summed E-state index contributed by atoms with van der Waals surface area (Å²) in [7, 11) is -1.98. The molecule has 0 fully saturated rings. The summed E-state index contributed by atoms with van der Waals surface area (Å²) in [4.78, 5) is 23.9. The Kier molecular flexibility index (Phi) is 7.00. The van der Waals surface area contributed by atoms with Gasteiger partial charge in [0, 0.05) is 19.2 Å². The SMILES string of the molecule is COc1ccc(CCNC(=O)c2cc(NC(C)=O)ccc2NS(C)(=O)=O)cc1. The van der Waals surface area contributed by atoms with Crippen molar-refractivity contribution in [2.24, 2.45) is 0 Å². The van der Waals surface area contributed by atoms with E-state index in [2.05, 4.69) is 15.4 Å². The van der Waals surface area contributed by atoms with Crippen LogP contribution in [0.4, 0.5) is 11.4 Å². The molecule has 2 aromatic carbocycles. The van der Waals surface area contributed by atoms with Gasteiger partial charge in [0.2, 0.25) is 15.9 Å². The van der Waals surface area contributed by atoms with Crippen LogP contribution in [0.2, 0.25) is 0 Å². The Labute approximate surface area is 164 Å². The highest BCUT2D eigenvalue weighted by Gasteiger charge is 2.15. The summed E-state index contributed by atoms with van der Waals surface area (Å²) in [5.74, 6) is 0.000567. The number of benzene rings is 2. The smallest absolute Gasteiger partial charge is 0.253 e. The molecule has 0 spiro atoms. The maximum Gasteiger partial charge on any atom is 0.253 e. The third-order valence-electron chi connectivity index (χ3n) is 3.74. The molecule has 0 saturated heterocycles. The third-order valence-corrected chi connectivity index (χ3v) is 4.33. The molecule has 0 aliphatic carbocycles. The average molecular weight is 405 g/mol. The molecule has 0 heterocycles. The molecule has 150 valence electrons. The number of anilines is 2. The van der Waals surface area contributed by atoms with Crippen molar-refractivity contribution >= 4 is 33.2 Å². The first-order valence-corrected chi connectivity index (χ1v) is 10.4. The first-order chi connectivity index (χ1) is 13.2. The van der Waals surface area contributed by atoms with Crippen molar-refractivity contribution in [2.45, 2.75) is 13.3 Å². The fourth-order valence-corrected chi connectivity index (χ4v) is 3.09. The second-order valence-electron chi connectivity index (χ2n) is 6.17. The van der Waals surface area contributed by atoms with Crippen molar-refractivity contribution in [3.8, 4) is 5.75 Å². The maximum atomic E-state index is 12.6. The minimum atomic E-state index is -3.57. The number of amides is 2. The molecule has 0 aliphatic heterocycles. The lowest BCUT2D eigenvalue weighted by Crippen LogP contribution is -2.27. The number of methoxy groups -OCH3 is 1. The fraction of sp³-hybridized carbons (Fsp3) is 0.263. The number of rotatable bonds is 8. The quantitative estimate of drug-likeness (QED) is 0.622. The van der Waals surface area contributed by atoms with Gasteiger partial charge in [-0.1, -0.05) is 12.1 Å². The van der Waals surface area contributed by atoms with Gasteiger partial charge in [-0.25, -0.2) is 8.42 Å². The first kappa shape index (κ1) is 21.2. The predicted molar refractivity (Wildman–Crippen MR) is 108 cm³/mol. The summed E-state index contributed by atoms with van der Waals surface area (Å²) in [5, 5.41) is 5.34. The van der Waals surface area contributed by atoms with Gasteiger partial charge in [0.1, 0.15) is 5.75 Å². The van der Waals surface area contributed by atoms with E-state index in [-0.39, 0.29) is 17.2 Å². The number of hydrogen-bond acceptors (Lipinski definition) is 5. The van der Waals surface area contributed by atoms with E-state index in [0.29, 0.717) is 18.7 Å². The monoisotopic (exact) mass is 405 g/mol. The van der Waals surface area contributed by atoms with Crippen LogP contribution in [0.25, 0.3) is 0 Å². The van der Waals surface area contributed by atoms with Crippen LogP contribution in [-0.4, -0.2) is 40.1 Å². The van der Waals surface area contributed by atoms with Crippen molar-refractivity contribution in [1.29, 1.82) is 0 Å². The molecule has 0 aromatic heterocycles. The standard InChI is InChI=1S/C19H23N3O5S/c1-13(23)21-15-6-9-18(22-28(3,25)26)17(12-15)19(24)20-11-10-14-4-7-16(27-2)8-5-14/h4-9,12,22H,10-11H2,1-3H3,(H,20,24)(H,21,23). The van der Waals surface area contributed by atoms with Gasteiger partial charge in [-0.3, -0.25) is 14.3 Å². The Morgan fingerprint density at radius 1 is 1.07 bits per heavy atom. The van der Waals surface area contributed by atoms with Crippen LogP contribution in [0.3, 0.4) is 0 Å².